The van der Waals surface area contributed by atoms with Gasteiger partial charge in [-0.3, -0.25) is 9.69 Å². The van der Waals surface area contributed by atoms with Gasteiger partial charge in [0, 0.05) is 39.3 Å². The van der Waals surface area contributed by atoms with Crippen molar-refractivity contribution in [3.05, 3.63) is 35.4 Å². The molecule has 4 nitrogen and oxygen atoms in total. The molecule has 2 aliphatic rings. The number of hydrogen-bond donors (Lipinski definition) is 0. The summed E-state index contributed by atoms with van der Waals surface area (Å²) in [5.74, 6) is -1.55. The molecule has 0 N–H and O–H groups in total. The van der Waals surface area contributed by atoms with Gasteiger partial charge in [0.05, 0.1) is 0 Å². The Bertz CT molecular complexity index is 539. The molecule has 0 aliphatic carbocycles. The molecule has 1 unspecified atom stereocenters. The van der Waals surface area contributed by atoms with Crippen LogP contribution >= 0.6 is 0 Å². The van der Waals surface area contributed by atoms with E-state index in [-0.39, 0.29) is 12.0 Å². The maximum absolute atomic E-state index is 13.2. The fraction of sp³-hybridized carbons (Fsp3) is 0.562. The Labute approximate surface area is 128 Å². The zero-order valence-corrected chi connectivity index (χ0v) is 12.4. The van der Waals surface area contributed by atoms with Crippen LogP contribution in [0.5, 0.6) is 0 Å². The Morgan fingerprint density at radius 2 is 1.95 bits per heavy atom. The van der Waals surface area contributed by atoms with Gasteiger partial charge in [-0.2, -0.15) is 0 Å². The second-order valence-electron chi connectivity index (χ2n) is 5.85. The van der Waals surface area contributed by atoms with E-state index in [2.05, 4.69) is 4.90 Å². The third-order valence-corrected chi connectivity index (χ3v) is 4.28. The summed E-state index contributed by atoms with van der Waals surface area (Å²) in [4.78, 5) is 16.2. The van der Waals surface area contributed by atoms with E-state index < -0.39 is 11.6 Å². The Balaban J connectivity index is 1.51. The predicted molar refractivity (Wildman–Crippen MR) is 77.2 cm³/mol. The van der Waals surface area contributed by atoms with Crippen molar-refractivity contribution in [3.8, 4) is 0 Å². The van der Waals surface area contributed by atoms with Crippen LogP contribution in [0.3, 0.4) is 0 Å². The van der Waals surface area contributed by atoms with Crippen molar-refractivity contribution in [1.29, 1.82) is 0 Å². The van der Waals surface area contributed by atoms with Gasteiger partial charge in [0.2, 0.25) is 0 Å². The molecule has 2 heterocycles. The van der Waals surface area contributed by atoms with Gasteiger partial charge in [0.25, 0.3) is 5.91 Å². The standard InChI is InChI=1S/C16H20F2N2O2/c17-13-4-3-12(10-14(13)18)11-19-5-7-20(8-6-19)16(21)15-2-1-9-22-15/h3-4,10,15H,1-2,5-9,11H2. The summed E-state index contributed by atoms with van der Waals surface area (Å²) in [6, 6.07) is 3.99. The predicted octanol–water partition coefficient (Wildman–Crippen LogP) is 1.79. The third-order valence-electron chi connectivity index (χ3n) is 4.28. The van der Waals surface area contributed by atoms with Crippen molar-refractivity contribution in [2.75, 3.05) is 32.8 Å². The molecule has 6 heteroatoms. The molecule has 0 spiro atoms. The molecule has 0 bridgehead atoms. The molecular weight excluding hydrogens is 290 g/mol. The molecule has 0 radical (unpaired) electrons. The van der Waals surface area contributed by atoms with Crippen LogP contribution in [0.15, 0.2) is 18.2 Å². The summed E-state index contributed by atoms with van der Waals surface area (Å²) >= 11 is 0. The molecule has 0 aromatic heterocycles. The number of rotatable bonds is 3. The number of benzene rings is 1. The van der Waals surface area contributed by atoms with Crippen LogP contribution < -0.4 is 0 Å². The summed E-state index contributed by atoms with van der Waals surface area (Å²) in [5, 5.41) is 0. The second-order valence-corrected chi connectivity index (χ2v) is 5.85. The lowest BCUT2D eigenvalue weighted by Crippen LogP contribution is -2.51. The van der Waals surface area contributed by atoms with Gasteiger partial charge in [-0.1, -0.05) is 6.07 Å². The zero-order chi connectivity index (χ0) is 15.5. The molecular formula is C16H20F2N2O2. The fourth-order valence-electron chi connectivity index (χ4n) is 3.00. The van der Waals surface area contributed by atoms with Crippen LogP contribution in [0, 0.1) is 11.6 Å². The third kappa shape index (κ3) is 3.44. The highest BCUT2D eigenvalue weighted by molar-refractivity contribution is 5.81. The second kappa shape index (κ2) is 6.71. The van der Waals surface area contributed by atoms with E-state index in [4.69, 9.17) is 4.74 Å². The van der Waals surface area contributed by atoms with Gasteiger partial charge in [-0.15, -0.1) is 0 Å². The van der Waals surface area contributed by atoms with Gasteiger partial charge in [-0.25, -0.2) is 8.78 Å². The van der Waals surface area contributed by atoms with Crippen LogP contribution in [0.25, 0.3) is 0 Å². The molecule has 2 fully saturated rings. The average Bonchev–Trinajstić information content (AvgIpc) is 3.05. The first-order valence-electron chi connectivity index (χ1n) is 7.70. The highest BCUT2D eigenvalue weighted by Gasteiger charge is 2.30. The number of carbonyl (C=O) groups excluding carboxylic acids is 1. The van der Waals surface area contributed by atoms with Crippen LogP contribution in [0.1, 0.15) is 18.4 Å². The lowest BCUT2D eigenvalue weighted by atomic mass is 10.1. The summed E-state index contributed by atoms with van der Waals surface area (Å²) in [6.07, 6.45) is 1.50. The van der Waals surface area contributed by atoms with Crippen molar-refractivity contribution < 1.29 is 18.3 Å². The van der Waals surface area contributed by atoms with Gasteiger partial charge < -0.3 is 9.64 Å². The van der Waals surface area contributed by atoms with E-state index in [9.17, 15) is 13.6 Å². The van der Waals surface area contributed by atoms with E-state index >= 15 is 0 Å². The number of hydrogen-bond acceptors (Lipinski definition) is 3. The molecule has 0 saturated carbocycles. The van der Waals surface area contributed by atoms with Crippen LogP contribution in [-0.2, 0) is 16.1 Å². The number of halogens is 2. The SMILES string of the molecule is O=C(C1CCCO1)N1CCN(Cc2ccc(F)c(F)c2)CC1. The minimum atomic E-state index is -0.823. The molecule has 1 aromatic rings. The molecule has 1 aromatic carbocycles. The molecule has 2 saturated heterocycles. The first-order chi connectivity index (χ1) is 10.6. The first-order valence-corrected chi connectivity index (χ1v) is 7.70. The Morgan fingerprint density at radius 1 is 1.18 bits per heavy atom. The number of ether oxygens (including phenoxy) is 1. The largest absolute Gasteiger partial charge is 0.368 e. The van der Waals surface area contributed by atoms with Crippen molar-refractivity contribution in [2.45, 2.75) is 25.5 Å². The molecule has 1 atom stereocenters. The summed E-state index contributed by atoms with van der Waals surface area (Å²) < 4.78 is 31.6. The summed E-state index contributed by atoms with van der Waals surface area (Å²) in [5.41, 5.74) is 0.748. The molecule has 2 aliphatic heterocycles. The molecule has 120 valence electrons. The average molecular weight is 310 g/mol. The first kappa shape index (κ1) is 15.4. The monoisotopic (exact) mass is 310 g/mol. The number of nitrogens with zero attached hydrogens (tertiary/aromatic N) is 2. The molecule has 1 amide bonds. The van der Waals surface area contributed by atoms with E-state index in [0.29, 0.717) is 26.2 Å². The number of carbonyl (C=O) groups is 1. The van der Waals surface area contributed by atoms with Crippen LogP contribution in [-0.4, -0.2) is 54.6 Å². The molecule has 3 rings (SSSR count). The van der Waals surface area contributed by atoms with Gasteiger partial charge in [0.15, 0.2) is 11.6 Å². The van der Waals surface area contributed by atoms with E-state index in [0.717, 1.165) is 37.6 Å². The van der Waals surface area contributed by atoms with E-state index in [1.165, 1.54) is 6.07 Å². The minimum Gasteiger partial charge on any atom is -0.368 e. The zero-order valence-electron chi connectivity index (χ0n) is 12.4. The quantitative estimate of drug-likeness (QED) is 0.853. The Kier molecular flexibility index (Phi) is 4.69. The van der Waals surface area contributed by atoms with Gasteiger partial charge in [0.1, 0.15) is 6.10 Å². The normalized spacial score (nSPS) is 23.0. The minimum absolute atomic E-state index is 0.0879. The van der Waals surface area contributed by atoms with Gasteiger partial charge >= 0.3 is 0 Å². The maximum atomic E-state index is 13.2. The van der Waals surface area contributed by atoms with Crippen molar-refractivity contribution in [2.24, 2.45) is 0 Å². The summed E-state index contributed by atoms with van der Waals surface area (Å²) in [7, 11) is 0. The van der Waals surface area contributed by atoms with Crippen molar-refractivity contribution >= 4 is 5.91 Å². The lowest BCUT2D eigenvalue weighted by molar-refractivity contribution is -0.142. The Morgan fingerprint density at radius 3 is 2.59 bits per heavy atom. The number of amides is 1. The van der Waals surface area contributed by atoms with Crippen molar-refractivity contribution in [1.82, 2.24) is 9.80 Å². The Hall–Kier alpha value is -1.53. The summed E-state index contributed by atoms with van der Waals surface area (Å²) in [6.45, 7) is 4.02. The molecule has 22 heavy (non-hydrogen) atoms. The van der Waals surface area contributed by atoms with Gasteiger partial charge in [-0.05, 0) is 30.5 Å². The highest BCUT2D eigenvalue weighted by Crippen LogP contribution is 2.17. The van der Waals surface area contributed by atoms with E-state index in [1.54, 1.807) is 6.07 Å². The topological polar surface area (TPSA) is 32.8 Å². The smallest absolute Gasteiger partial charge is 0.251 e. The number of piperazine rings is 1. The van der Waals surface area contributed by atoms with Crippen molar-refractivity contribution in [3.63, 3.8) is 0 Å². The van der Waals surface area contributed by atoms with Crippen LogP contribution in [0.4, 0.5) is 8.78 Å². The highest BCUT2D eigenvalue weighted by atomic mass is 19.2. The van der Waals surface area contributed by atoms with Crippen LogP contribution in [0.2, 0.25) is 0 Å². The fourth-order valence-corrected chi connectivity index (χ4v) is 3.00. The lowest BCUT2D eigenvalue weighted by Gasteiger charge is -2.35. The van der Waals surface area contributed by atoms with E-state index in [1.807, 2.05) is 4.90 Å². The maximum Gasteiger partial charge on any atom is 0.251 e.